The Labute approximate surface area is 139 Å². The Hall–Kier alpha value is -2.70. The predicted molar refractivity (Wildman–Crippen MR) is 85.7 cm³/mol. The Morgan fingerprint density at radius 3 is 2.88 bits per heavy atom. The van der Waals surface area contributed by atoms with Crippen molar-refractivity contribution in [2.75, 3.05) is 0 Å². The molecule has 3 rings (SSSR count). The van der Waals surface area contributed by atoms with Gasteiger partial charge in [0, 0.05) is 19.7 Å². The highest BCUT2D eigenvalue weighted by Crippen LogP contribution is 2.24. The molecule has 1 aromatic heterocycles. The second-order valence-corrected chi connectivity index (χ2v) is 6.03. The van der Waals surface area contributed by atoms with E-state index in [9.17, 15) is 14.0 Å². The van der Waals surface area contributed by atoms with Crippen molar-refractivity contribution in [2.24, 2.45) is 7.05 Å². The van der Waals surface area contributed by atoms with Crippen molar-refractivity contribution in [3.63, 3.8) is 0 Å². The third-order valence-electron chi connectivity index (χ3n) is 4.26. The summed E-state index contributed by atoms with van der Waals surface area (Å²) in [5, 5.41) is 9.83. The first kappa shape index (κ1) is 16.2. The minimum absolute atomic E-state index is 0.00116. The van der Waals surface area contributed by atoms with Gasteiger partial charge in [0.25, 0.3) is 5.91 Å². The number of carbonyl (C=O) groups excluding carboxylic acids is 2. The zero-order valence-electron chi connectivity index (χ0n) is 13.5. The van der Waals surface area contributed by atoms with Crippen LogP contribution in [0.2, 0.25) is 0 Å². The molecule has 0 saturated carbocycles. The van der Waals surface area contributed by atoms with Crippen molar-refractivity contribution in [3.8, 4) is 0 Å². The lowest BCUT2D eigenvalue weighted by molar-refractivity contribution is -0.123. The molecule has 0 unspecified atom stereocenters. The Bertz CT molecular complexity index is 787. The van der Waals surface area contributed by atoms with E-state index >= 15 is 0 Å². The van der Waals surface area contributed by atoms with Gasteiger partial charge in [-0.25, -0.2) is 4.39 Å². The topological polar surface area (TPSA) is 76.0 Å². The van der Waals surface area contributed by atoms with Gasteiger partial charge in [-0.05, 0) is 37.1 Å². The minimum atomic E-state index is -0.551. The molecule has 0 aliphatic carbocycles. The monoisotopic (exact) mass is 330 g/mol. The second kappa shape index (κ2) is 6.43. The number of piperidine rings is 1. The quantitative estimate of drug-likeness (QED) is 0.898. The molecule has 1 aliphatic heterocycles. The summed E-state index contributed by atoms with van der Waals surface area (Å²) in [4.78, 5) is 24.2. The summed E-state index contributed by atoms with van der Waals surface area (Å²) >= 11 is 0. The maximum atomic E-state index is 14.0. The van der Waals surface area contributed by atoms with E-state index in [1.54, 1.807) is 37.0 Å². The van der Waals surface area contributed by atoms with E-state index in [1.165, 1.54) is 12.1 Å². The van der Waals surface area contributed by atoms with Crippen LogP contribution < -0.4 is 10.6 Å². The molecule has 0 radical (unpaired) electrons. The number of halogens is 1. The van der Waals surface area contributed by atoms with Gasteiger partial charge in [0.05, 0.1) is 23.3 Å². The summed E-state index contributed by atoms with van der Waals surface area (Å²) in [5.41, 5.74) is 1.54. The molecule has 2 N–H and O–H groups in total. The third-order valence-corrected chi connectivity index (χ3v) is 4.26. The Morgan fingerprint density at radius 2 is 2.21 bits per heavy atom. The van der Waals surface area contributed by atoms with Crippen molar-refractivity contribution in [2.45, 2.75) is 31.8 Å². The molecule has 1 saturated heterocycles. The maximum Gasteiger partial charge on any atom is 0.254 e. The number of amides is 2. The van der Waals surface area contributed by atoms with Crippen LogP contribution in [0.5, 0.6) is 0 Å². The number of aryl methyl sites for hydroxylation is 2. The van der Waals surface area contributed by atoms with Crippen LogP contribution in [-0.4, -0.2) is 27.6 Å². The molecule has 126 valence electrons. The largest absolute Gasteiger partial charge is 0.347 e. The number of rotatable bonds is 3. The fourth-order valence-electron chi connectivity index (χ4n) is 2.97. The lowest BCUT2D eigenvalue weighted by Gasteiger charge is -2.33. The first-order valence-electron chi connectivity index (χ1n) is 7.80. The van der Waals surface area contributed by atoms with Gasteiger partial charge in [-0.3, -0.25) is 14.3 Å². The number of nitrogens with one attached hydrogen (secondary N) is 2. The molecule has 24 heavy (non-hydrogen) atoms. The summed E-state index contributed by atoms with van der Waals surface area (Å²) < 4.78 is 15.7. The van der Waals surface area contributed by atoms with E-state index in [-0.39, 0.29) is 17.5 Å². The minimum Gasteiger partial charge on any atom is -0.347 e. The fourth-order valence-corrected chi connectivity index (χ4v) is 2.97. The zero-order chi connectivity index (χ0) is 17.3. The molecule has 2 amide bonds. The molecule has 0 spiro atoms. The molecule has 1 fully saturated rings. The zero-order valence-corrected chi connectivity index (χ0v) is 13.5. The summed E-state index contributed by atoms with van der Waals surface area (Å²) in [6.07, 6.45) is 2.44. The van der Waals surface area contributed by atoms with E-state index < -0.39 is 17.8 Å². The Kier molecular flexibility index (Phi) is 4.33. The molecule has 2 aromatic rings. The van der Waals surface area contributed by atoms with Crippen LogP contribution in [0, 0.1) is 12.7 Å². The van der Waals surface area contributed by atoms with Crippen molar-refractivity contribution in [3.05, 3.63) is 53.1 Å². The fraction of sp³-hybridized carbons (Fsp3) is 0.353. The van der Waals surface area contributed by atoms with Gasteiger partial charge < -0.3 is 10.6 Å². The average Bonchev–Trinajstić information content (AvgIpc) is 2.95. The normalized spacial score (nSPS) is 20.5. The van der Waals surface area contributed by atoms with Crippen LogP contribution in [0.4, 0.5) is 4.39 Å². The molecular formula is C17H19FN4O2. The number of hydrogen-bond donors (Lipinski definition) is 2. The van der Waals surface area contributed by atoms with Crippen molar-refractivity contribution < 1.29 is 14.0 Å². The van der Waals surface area contributed by atoms with E-state index in [0.717, 1.165) is 11.3 Å². The van der Waals surface area contributed by atoms with Crippen molar-refractivity contribution in [1.82, 2.24) is 20.4 Å². The molecule has 1 aromatic carbocycles. The second-order valence-electron chi connectivity index (χ2n) is 6.03. The number of aromatic nitrogens is 2. The van der Waals surface area contributed by atoms with Gasteiger partial charge in [-0.15, -0.1) is 0 Å². The van der Waals surface area contributed by atoms with E-state index in [4.69, 9.17) is 0 Å². The number of nitrogens with zero attached hydrogens (tertiary/aromatic N) is 2. The first-order chi connectivity index (χ1) is 11.5. The standard InChI is InChI=1S/C17H19FN4O2/c1-10-3-4-11(12(18)9-10)17(24)20-13-5-6-15(23)21-16(13)14-7-8-19-22(14)2/h3-4,7-9,13,16H,5-6H2,1-2H3,(H,20,24)(H,21,23)/t13-,16-/m1/s1. The van der Waals surface area contributed by atoms with Crippen LogP contribution in [0.3, 0.4) is 0 Å². The van der Waals surface area contributed by atoms with Crippen LogP contribution >= 0.6 is 0 Å². The smallest absolute Gasteiger partial charge is 0.254 e. The Balaban J connectivity index is 1.82. The lowest BCUT2D eigenvalue weighted by Crippen LogP contribution is -2.50. The van der Waals surface area contributed by atoms with Gasteiger partial charge in [0.15, 0.2) is 0 Å². The van der Waals surface area contributed by atoms with Crippen LogP contribution in [0.25, 0.3) is 0 Å². The molecule has 2 heterocycles. The van der Waals surface area contributed by atoms with Crippen molar-refractivity contribution >= 4 is 11.8 Å². The highest BCUT2D eigenvalue weighted by atomic mass is 19.1. The average molecular weight is 330 g/mol. The van der Waals surface area contributed by atoms with Gasteiger partial charge in [0.2, 0.25) is 5.91 Å². The molecule has 7 heteroatoms. The van der Waals surface area contributed by atoms with Crippen LogP contribution in [0.15, 0.2) is 30.5 Å². The highest BCUT2D eigenvalue weighted by Gasteiger charge is 2.33. The molecule has 2 atom stereocenters. The molecule has 6 nitrogen and oxygen atoms in total. The number of carbonyl (C=O) groups is 2. The van der Waals surface area contributed by atoms with Gasteiger partial charge >= 0.3 is 0 Å². The molecular weight excluding hydrogens is 311 g/mol. The third kappa shape index (κ3) is 3.15. The number of benzene rings is 1. The Morgan fingerprint density at radius 1 is 1.42 bits per heavy atom. The maximum absolute atomic E-state index is 14.0. The number of hydrogen-bond acceptors (Lipinski definition) is 3. The van der Waals surface area contributed by atoms with Gasteiger partial charge in [-0.1, -0.05) is 6.07 Å². The first-order valence-corrected chi connectivity index (χ1v) is 7.80. The van der Waals surface area contributed by atoms with Crippen LogP contribution in [-0.2, 0) is 11.8 Å². The van der Waals surface area contributed by atoms with Gasteiger partial charge in [-0.2, -0.15) is 5.10 Å². The van der Waals surface area contributed by atoms with Crippen LogP contribution in [0.1, 0.15) is 40.5 Å². The molecule has 0 bridgehead atoms. The van der Waals surface area contributed by atoms with E-state index in [1.807, 2.05) is 0 Å². The predicted octanol–water partition coefficient (Wildman–Crippen LogP) is 1.62. The van der Waals surface area contributed by atoms with E-state index in [0.29, 0.717) is 12.8 Å². The van der Waals surface area contributed by atoms with Gasteiger partial charge in [0.1, 0.15) is 5.82 Å². The van der Waals surface area contributed by atoms with Crippen molar-refractivity contribution in [1.29, 1.82) is 0 Å². The summed E-state index contributed by atoms with van der Waals surface area (Å²) in [5.74, 6) is -1.11. The SMILES string of the molecule is Cc1ccc(C(=O)N[C@@H]2CCC(=O)N[C@H]2c2ccnn2C)c(F)c1. The summed E-state index contributed by atoms with van der Waals surface area (Å²) in [6, 6.07) is 5.57. The summed E-state index contributed by atoms with van der Waals surface area (Å²) in [7, 11) is 1.77. The lowest BCUT2D eigenvalue weighted by atomic mass is 9.94. The summed E-state index contributed by atoms with van der Waals surface area (Å²) in [6.45, 7) is 1.76. The molecule has 1 aliphatic rings. The highest BCUT2D eigenvalue weighted by molar-refractivity contribution is 5.95. The van der Waals surface area contributed by atoms with E-state index in [2.05, 4.69) is 15.7 Å².